The molecule has 1 heterocycles. The first-order chi connectivity index (χ1) is 6.35. The molecule has 0 saturated carbocycles. The SMILES string of the molecule is OCC1(Cc2ccccc2)COC1. The molecule has 1 aromatic carbocycles. The average Bonchev–Trinajstić information content (AvgIpc) is 2.13. The number of hydrogen-bond acceptors (Lipinski definition) is 2. The predicted octanol–water partition coefficient (Wildman–Crippen LogP) is 1.24. The highest BCUT2D eigenvalue weighted by Crippen LogP contribution is 2.30. The summed E-state index contributed by atoms with van der Waals surface area (Å²) in [6.45, 7) is 1.61. The van der Waals surface area contributed by atoms with Crippen molar-refractivity contribution in [2.75, 3.05) is 19.8 Å². The molecule has 1 aromatic rings. The van der Waals surface area contributed by atoms with Crippen molar-refractivity contribution in [3.63, 3.8) is 0 Å². The van der Waals surface area contributed by atoms with Crippen LogP contribution in [0.15, 0.2) is 30.3 Å². The van der Waals surface area contributed by atoms with Gasteiger partial charge in [0, 0.05) is 5.41 Å². The number of benzene rings is 1. The quantitative estimate of drug-likeness (QED) is 0.754. The van der Waals surface area contributed by atoms with Gasteiger partial charge in [0.2, 0.25) is 0 Å². The van der Waals surface area contributed by atoms with Gasteiger partial charge in [-0.15, -0.1) is 0 Å². The van der Waals surface area contributed by atoms with Crippen molar-refractivity contribution in [1.29, 1.82) is 0 Å². The molecule has 0 unspecified atom stereocenters. The molecule has 0 spiro atoms. The minimum Gasteiger partial charge on any atom is -0.396 e. The van der Waals surface area contributed by atoms with Gasteiger partial charge in [-0.1, -0.05) is 30.3 Å². The molecule has 2 heteroatoms. The van der Waals surface area contributed by atoms with Crippen LogP contribution in [0, 0.1) is 5.41 Å². The minimum absolute atomic E-state index is 0.00134. The fourth-order valence-electron chi connectivity index (χ4n) is 1.67. The number of ether oxygens (including phenoxy) is 1. The summed E-state index contributed by atoms with van der Waals surface area (Å²) in [4.78, 5) is 0. The molecule has 2 nitrogen and oxygen atoms in total. The third-order valence-corrected chi connectivity index (χ3v) is 2.57. The van der Waals surface area contributed by atoms with Gasteiger partial charge in [0.05, 0.1) is 19.8 Å². The smallest absolute Gasteiger partial charge is 0.0570 e. The van der Waals surface area contributed by atoms with Crippen LogP contribution in [-0.2, 0) is 11.2 Å². The van der Waals surface area contributed by atoms with Crippen molar-refractivity contribution in [1.82, 2.24) is 0 Å². The number of aliphatic hydroxyl groups is 1. The average molecular weight is 178 g/mol. The van der Waals surface area contributed by atoms with Crippen molar-refractivity contribution in [3.8, 4) is 0 Å². The minimum atomic E-state index is 0.00134. The van der Waals surface area contributed by atoms with E-state index >= 15 is 0 Å². The topological polar surface area (TPSA) is 29.5 Å². The van der Waals surface area contributed by atoms with Crippen LogP contribution >= 0.6 is 0 Å². The lowest BCUT2D eigenvalue weighted by atomic mass is 9.81. The first-order valence-corrected chi connectivity index (χ1v) is 4.57. The van der Waals surface area contributed by atoms with E-state index in [1.807, 2.05) is 18.2 Å². The van der Waals surface area contributed by atoms with Crippen LogP contribution in [0.3, 0.4) is 0 Å². The Kier molecular flexibility index (Phi) is 2.34. The van der Waals surface area contributed by atoms with E-state index < -0.39 is 0 Å². The van der Waals surface area contributed by atoms with E-state index in [0.29, 0.717) is 13.2 Å². The third-order valence-electron chi connectivity index (χ3n) is 2.57. The third kappa shape index (κ3) is 1.74. The first-order valence-electron chi connectivity index (χ1n) is 4.57. The van der Waals surface area contributed by atoms with E-state index in [2.05, 4.69) is 12.1 Å². The van der Waals surface area contributed by atoms with Gasteiger partial charge in [0.1, 0.15) is 0 Å². The number of aliphatic hydroxyl groups excluding tert-OH is 1. The van der Waals surface area contributed by atoms with Crippen molar-refractivity contribution in [2.24, 2.45) is 5.41 Å². The fourth-order valence-corrected chi connectivity index (χ4v) is 1.67. The highest BCUT2D eigenvalue weighted by molar-refractivity contribution is 5.17. The van der Waals surface area contributed by atoms with Crippen LogP contribution in [0.1, 0.15) is 5.56 Å². The van der Waals surface area contributed by atoms with Crippen LogP contribution in [0.2, 0.25) is 0 Å². The standard InChI is InChI=1S/C11H14O2/c12-7-11(8-13-9-11)6-10-4-2-1-3-5-10/h1-5,12H,6-9H2. The first kappa shape index (κ1) is 8.73. The molecule has 0 aliphatic carbocycles. The Morgan fingerprint density at radius 3 is 2.38 bits per heavy atom. The van der Waals surface area contributed by atoms with Crippen molar-refractivity contribution in [2.45, 2.75) is 6.42 Å². The Labute approximate surface area is 78.2 Å². The zero-order chi connectivity index (χ0) is 9.15. The van der Waals surface area contributed by atoms with Crippen LogP contribution in [0.25, 0.3) is 0 Å². The van der Waals surface area contributed by atoms with Crippen LogP contribution < -0.4 is 0 Å². The molecule has 13 heavy (non-hydrogen) atoms. The second-order valence-corrected chi connectivity index (χ2v) is 3.81. The van der Waals surface area contributed by atoms with Gasteiger partial charge in [-0.05, 0) is 12.0 Å². The molecule has 1 saturated heterocycles. The zero-order valence-electron chi connectivity index (χ0n) is 7.57. The maximum absolute atomic E-state index is 9.22. The Morgan fingerprint density at radius 1 is 1.23 bits per heavy atom. The normalized spacial score (nSPS) is 19.5. The molecular formula is C11H14O2. The molecular weight excluding hydrogens is 164 g/mol. The van der Waals surface area contributed by atoms with Crippen molar-refractivity contribution < 1.29 is 9.84 Å². The Bertz CT molecular complexity index is 259. The maximum atomic E-state index is 9.22. The summed E-state index contributed by atoms with van der Waals surface area (Å²) in [6, 6.07) is 10.2. The van der Waals surface area contributed by atoms with Gasteiger partial charge in [-0.3, -0.25) is 0 Å². The predicted molar refractivity (Wildman–Crippen MR) is 50.5 cm³/mol. The summed E-state index contributed by atoms with van der Waals surface area (Å²) in [7, 11) is 0. The summed E-state index contributed by atoms with van der Waals surface area (Å²) in [5.74, 6) is 0. The van der Waals surface area contributed by atoms with Gasteiger partial charge < -0.3 is 9.84 Å². The molecule has 0 radical (unpaired) electrons. The van der Waals surface area contributed by atoms with E-state index in [0.717, 1.165) is 6.42 Å². The van der Waals surface area contributed by atoms with E-state index in [4.69, 9.17) is 4.74 Å². The van der Waals surface area contributed by atoms with Gasteiger partial charge in [0.15, 0.2) is 0 Å². The second kappa shape index (κ2) is 3.48. The Balaban J connectivity index is 2.05. The second-order valence-electron chi connectivity index (χ2n) is 3.81. The molecule has 0 aromatic heterocycles. The largest absolute Gasteiger partial charge is 0.396 e. The summed E-state index contributed by atoms with van der Waals surface area (Å²) in [6.07, 6.45) is 0.921. The molecule has 70 valence electrons. The highest BCUT2D eigenvalue weighted by atomic mass is 16.5. The lowest BCUT2D eigenvalue weighted by molar-refractivity contribution is -0.136. The summed E-state index contributed by atoms with van der Waals surface area (Å²) >= 11 is 0. The van der Waals surface area contributed by atoms with Crippen LogP contribution in [-0.4, -0.2) is 24.9 Å². The molecule has 0 bridgehead atoms. The maximum Gasteiger partial charge on any atom is 0.0570 e. The molecule has 0 amide bonds. The van der Waals surface area contributed by atoms with E-state index in [-0.39, 0.29) is 12.0 Å². The lowest BCUT2D eigenvalue weighted by Gasteiger charge is -2.40. The Morgan fingerprint density at radius 2 is 1.92 bits per heavy atom. The van der Waals surface area contributed by atoms with E-state index in [1.54, 1.807) is 0 Å². The molecule has 0 atom stereocenters. The van der Waals surface area contributed by atoms with Crippen molar-refractivity contribution in [3.05, 3.63) is 35.9 Å². The summed E-state index contributed by atoms with van der Waals surface area (Å²) in [5.41, 5.74) is 1.28. The van der Waals surface area contributed by atoms with Crippen LogP contribution in [0.4, 0.5) is 0 Å². The molecule has 1 aliphatic rings. The van der Waals surface area contributed by atoms with Gasteiger partial charge in [-0.2, -0.15) is 0 Å². The van der Waals surface area contributed by atoms with Gasteiger partial charge >= 0.3 is 0 Å². The molecule has 2 rings (SSSR count). The number of rotatable bonds is 3. The number of hydrogen-bond donors (Lipinski definition) is 1. The molecule has 1 N–H and O–H groups in total. The van der Waals surface area contributed by atoms with Gasteiger partial charge in [0.25, 0.3) is 0 Å². The Hall–Kier alpha value is -0.860. The van der Waals surface area contributed by atoms with Gasteiger partial charge in [-0.25, -0.2) is 0 Å². The fraction of sp³-hybridized carbons (Fsp3) is 0.455. The van der Waals surface area contributed by atoms with Crippen molar-refractivity contribution >= 4 is 0 Å². The van der Waals surface area contributed by atoms with Crippen LogP contribution in [0.5, 0.6) is 0 Å². The zero-order valence-corrected chi connectivity index (χ0v) is 7.57. The monoisotopic (exact) mass is 178 g/mol. The summed E-state index contributed by atoms with van der Waals surface area (Å²) < 4.78 is 5.14. The lowest BCUT2D eigenvalue weighted by Crippen LogP contribution is -2.47. The molecule has 1 aliphatic heterocycles. The van der Waals surface area contributed by atoms with E-state index in [9.17, 15) is 5.11 Å². The summed E-state index contributed by atoms with van der Waals surface area (Å²) in [5, 5.41) is 9.22. The molecule has 1 fully saturated rings. The van der Waals surface area contributed by atoms with E-state index in [1.165, 1.54) is 5.56 Å². The highest BCUT2D eigenvalue weighted by Gasteiger charge is 2.37.